The van der Waals surface area contributed by atoms with E-state index in [0.717, 1.165) is 25.1 Å². The van der Waals surface area contributed by atoms with E-state index in [9.17, 15) is 4.79 Å². The van der Waals surface area contributed by atoms with E-state index in [1.165, 1.54) is 6.26 Å². The van der Waals surface area contributed by atoms with Gasteiger partial charge in [-0.05, 0) is 37.1 Å². The number of amides is 1. The summed E-state index contributed by atoms with van der Waals surface area (Å²) in [5.74, 6) is 0.227. The fourth-order valence-corrected chi connectivity index (χ4v) is 2.50. The van der Waals surface area contributed by atoms with Crippen molar-refractivity contribution in [2.24, 2.45) is 0 Å². The van der Waals surface area contributed by atoms with Crippen LogP contribution < -0.4 is 0 Å². The number of carbonyl (C=O) groups excluding carboxylic acids is 1. The van der Waals surface area contributed by atoms with Crippen LogP contribution >= 0.6 is 0 Å². The van der Waals surface area contributed by atoms with Gasteiger partial charge in [-0.3, -0.25) is 9.78 Å². The fraction of sp³-hybridized carbons (Fsp3) is 0.375. The Morgan fingerprint density at radius 3 is 2.95 bits per heavy atom. The highest BCUT2D eigenvalue weighted by molar-refractivity contribution is 5.91. The van der Waals surface area contributed by atoms with Crippen molar-refractivity contribution < 1.29 is 13.9 Å². The number of carbonyl (C=O) groups is 1. The zero-order chi connectivity index (χ0) is 14.5. The van der Waals surface area contributed by atoms with Gasteiger partial charge in [0.1, 0.15) is 0 Å². The minimum Gasteiger partial charge on any atom is -0.459 e. The monoisotopic (exact) mass is 286 g/mol. The third-order valence-electron chi connectivity index (χ3n) is 3.55. The fourth-order valence-electron chi connectivity index (χ4n) is 2.50. The Labute approximate surface area is 123 Å². The quantitative estimate of drug-likeness (QED) is 0.847. The predicted octanol–water partition coefficient (Wildman–Crippen LogP) is 2.50. The van der Waals surface area contributed by atoms with Gasteiger partial charge in [-0.1, -0.05) is 6.07 Å². The zero-order valence-electron chi connectivity index (χ0n) is 11.8. The van der Waals surface area contributed by atoms with Gasteiger partial charge in [0.2, 0.25) is 0 Å². The van der Waals surface area contributed by atoms with Gasteiger partial charge >= 0.3 is 0 Å². The molecule has 0 aromatic carbocycles. The van der Waals surface area contributed by atoms with Crippen molar-refractivity contribution in [3.63, 3.8) is 0 Å². The summed E-state index contributed by atoms with van der Waals surface area (Å²) in [7, 11) is 0. The summed E-state index contributed by atoms with van der Waals surface area (Å²) in [6.07, 6.45) is 5.39. The van der Waals surface area contributed by atoms with Crippen molar-refractivity contribution in [1.29, 1.82) is 0 Å². The Morgan fingerprint density at radius 1 is 1.33 bits per heavy atom. The summed E-state index contributed by atoms with van der Waals surface area (Å²) in [6, 6.07) is 9.10. The van der Waals surface area contributed by atoms with Gasteiger partial charge in [-0.2, -0.15) is 0 Å². The maximum absolute atomic E-state index is 12.5. The summed E-state index contributed by atoms with van der Waals surface area (Å²) in [5.41, 5.74) is 0.857. The lowest BCUT2D eigenvalue weighted by Gasteiger charge is -2.24. The second kappa shape index (κ2) is 6.54. The summed E-state index contributed by atoms with van der Waals surface area (Å²) in [6.45, 7) is 1.80. The average Bonchev–Trinajstić information content (AvgIpc) is 3.20. The molecule has 2 aromatic heterocycles. The van der Waals surface area contributed by atoms with Gasteiger partial charge in [-0.15, -0.1) is 0 Å². The lowest BCUT2D eigenvalue weighted by atomic mass is 10.2. The molecule has 1 aliphatic heterocycles. The molecule has 0 unspecified atom stereocenters. The van der Waals surface area contributed by atoms with Crippen molar-refractivity contribution in [3.05, 3.63) is 54.2 Å². The molecule has 0 N–H and O–H groups in total. The third-order valence-corrected chi connectivity index (χ3v) is 3.55. The topological polar surface area (TPSA) is 55.6 Å². The van der Waals surface area contributed by atoms with E-state index in [0.29, 0.717) is 18.8 Å². The maximum atomic E-state index is 12.5. The standard InChI is InChI=1S/C16H18N2O3/c19-16(15-7-4-10-21-15)18(12-14-6-3-9-20-14)11-13-5-1-2-8-17-13/h1-2,4-5,7-8,10,14H,3,6,9,11-12H2/t14-/m1/s1. The van der Waals surface area contributed by atoms with Crippen LogP contribution in [0, 0.1) is 0 Å². The Morgan fingerprint density at radius 2 is 2.29 bits per heavy atom. The van der Waals surface area contributed by atoms with Crippen LogP contribution in [0.3, 0.4) is 0 Å². The van der Waals surface area contributed by atoms with Gasteiger partial charge in [0.05, 0.1) is 24.6 Å². The van der Waals surface area contributed by atoms with Crippen LogP contribution in [-0.2, 0) is 11.3 Å². The molecule has 1 aliphatic rings. The van der Waals surface area contributed by atoms with E-state index in [2.05, 4.69) is 4.98 Å². The lowest BCUT2D eigenvalue weighted by Crippen LogP contribution is -2.37. The van der Waals surface area contributed by atoms with Crippen molar-refractivity contribution in [3.8, 4) is 0 Å². The largest absolute Gasteiger partial charge is 0.459 e. The highest BCUT2D eigenvalue weighted by Gasteiger charge is 2.25. The van der Waals surface area contributed by atoms with Crippen LogP contribution in [0.15, 0.2) is 47.2 Å². The molecule has 3 rings (SSSR count). The van der Waals surface area contributed by atoms with Gasteiger partial charge < -0.3 is 14.1 Å². The van der Waals surface area contributed by atoms with E-state index in [-0.39, 0.29) is 12.0 Å². The summed E-state index contributed by atoms with van der Waals surface area (Å²) in [5, 5.41) is 0. The molecular weight excluding hydrogens is 268 g/mol. The molecule has 110 valence electrons. The van der Waals surface area contributed by atoms with E-state index in [1.54, 1.807) is 23.2 Å². The molecule has 3 heterocycles. The number of rotatable bonds is 5. The molecule has 1 amide bonds. The molecule has 5 heteroatoms. The van der Waals surface area contributed by atoms with Gasteiger partial charge in [0.15, 0.2) is 5.76 Å². The SMILES string of the molecule is O=C(c1ccco1)N(Cc1ccccn1)C[C@H]1CCCO1. The minimum atomic E-state index is -0.124. The molecule has 1 fully saturated rings. The van der Waals surface area contributed by atoms with Crippen molar-refractivity contribution in [2.75, 3.05) is 13.2 Å². The van der Waals surface area contributed by atoms with Gasteiger partial charge in [0.25, 0.3) is 5.91 Å². The molecule has 0 radical (unpaired) electrons. The summed E-state index contributed by atoms with van der Waals surface area (Å²) in [4.78, 5) is 18.6. The molecule has 0 bridgehead atoms. The van der Waals surface area contributed by atoms with Crippen LogP contribution in [0.1, 0.15) is 29.1 Å². The van der Waals surface area contributed by atoms with Crippen LogP contribution in [-0.4, -0.2) is 35.0 Å². The van der Waals surface area contributed by atoms with Crippen LogP contribution in [0.2, 0.25) is 0 Å². The van der Waals surface area contributed by atoms with Crippen molar-refractivity contribution in [2.45, 2.75) is 25.5 Å². The number of pyridine rings is 1. The van der Waals surface area contributed by atoms with E-state index < -0.39 is 0 Å². The van der Waals surface area contributed by atoms with Crippen LogP contribution in [0.5, 0.6) is 0 Å². The summed E-state index contributed by atoms with van der Waals surface area (Å²) >= 11 is 0. The molecule has 0 aliphatic carbocycles. The van der Waals surface area contributed by atoms with Crippen LogP contribution in [0.25, 0.3) is 0 Å². The first kappa shape index (κ1) is 13.8. The minimum absolute atomic E-state index is 0.104. The average molecular weight is 286 g/mol. The zero-order valence-corrected chi connectivity index (χ0v) is 11.8. The van der Waals surface area contributed by atoms with E-state index in [1.807, 2.05) is 18.2 Å². The Hall–Kier alpha value is -2.14. The first-order valence-corrected chi connectivity index (χ1v) is 7.17. The van der Waals surface area contributed by atoms with Crippen molar-refractivity contribution in [1.82, 2.24) is 9.88 Å². The normalized spacial score (nSPS) is 17.8. The van der Waals surface area contributed by atoms with Crippen molar-refractivity contribution >= 4 is 5.91 Å². The highest BCUT2D eigenvalue weighted by Crippen LogP contribution is 2.17. The molecule has 5 nitrogen and oxygen atoms in total. The number of aromatic nitrogens is 1. The second-order valence-corrected chi connectivity index (χ2v) is 5.12. The maximum Gasteiger partial charge on any atom is 0.289 e. The highest BCUT2D eigenvalue weighted by atomic mass is 16.5. The molecule has 0 saturated carbocycles. The number of nitrogens with zero attached hydrogens (tertiary/aromatic N) is 2. The second-order valence-electron chi connectivity index (χ2n) is 5.12. The number of ether oxygens (including phenoxy) is 1. The lowest BCUT2D eigenvalue weighted by molar-refractivity contribution is 0.0481. The molecular formula is C16H18N2O3. The molecule has 2 aromatic rings. The van der Waals surface area contributed by atoms with E-state index in [4.69, 9.17) is 9.15 Å². The first-order chi connectivity index (χ1) is 10.3. The Kier molecular flexibility index (Phi) is 4.31. The Bertz CT molecular complexity index is 562. The van der Waals surface area contributed by atoms with Gasteiger partial charge in [0, 0.05) is 19.3 Å². The van der Waals surface area contributed by atoms with E-state index >= 15 is 0 Å². The van der Waals surface area contributed by atoms with Crippen LogP contribution in [0.4, 0.5) is 0 Å². The smallest absolute Gasteiger partial charge is 0.289 e. The Balaban J connectivity index is 1.75. The molecule has 1 atom stereocenters. The third kappa shape index (κ3) is 3.49. The first-order valence-electron chi connectivity index (χ1n) is 7.17. The number of hydrogen-bond donors (Lipinski definition) is 0. The number of hydrogen-bond acceptors (Lipinski definition) is 4. The predicted molar refractivity (Wildman–Crippen MR) is 76.7 cm³/mol. The van der Waals surface area contributed by atoms with Gasteiger partial charge in [-0.25, -0.2) is 0 Å². The molecule has 1 saturated heterocycles. The number of furan rings is 1. The summed E-state index contributed by atoms with van der Waals surface area (Å²) < 4.78 is 10.9. The molecule has 0 spiro atoms. The molecule has 21 heavy (non-hydrogen) atoms.